The topological polar surface area (TPSA) is 92.1 Å². The van der Waals surface area contributed by atoms with Crippen LogP contribution < -0.4 is 0 Å². The Morgan fingerprint density at radius 3 is 2.75 bits per heavy atom. The third-order valence-corrected chi connectivity index (χ3v) is 2.19. The molecule has 2 aromatic rings. The molecule has 0 bridgehead atoms. The molecule has 0 aliphatic heterocycles. The molecule has 82 valence electrons. The van der Waals surface area contributed by atoms with E-state index >= 15 is 0 Å². The smallest absolute Gasteiger partial charge is 0.310 e. The fraction of sp³-hybridized carbons (Fsp3) is 0.100. The van der Waals surface area contributed by atoms with E-state index in [2.05, 4.69) is 9.97 Å². The van der Waals surface area contributed by atoms with E-state index in [4.69, 9.17) is 0 Å². The van der Waals surface area contributed by atoms with Gasteiger partial charge < -0.3 is 10.1 Å². The van der Waals surface area contributed by atoms with Gasteiger partial charge in [-0.3, -0.25) is 10.1 Å². The molecule has 6 nitrogen and oxygen atoms in total. The molecule has 0 amide bonds. The molecule has 2 rings (SSSR count). The molecule has 2 N–H and O–H groups in total. The van der Waals surface area contributed by atoms with Gasteiger partial charge in [0.15, 0.2) is 5.75 Å². The molecular formula is C10H9N3O3. The number of phenols is 1. The summed E-state index contributed by atoms with van der Waals surface area (Å²) in [6.07, 6.45) is 1.61. The molecule has 1 aromatic heterocycles. The summed E-state index contributed by atoms with van der Waals surface area (Å²) in [6, 6.07) is 4.16. The van der Waals surface area contributed by atoms with Crippen molar-refractivity contribution in [3.05, 3.63) is 40.3 Å². The first kappa shape index (κ1) is 10.2. The molecule has 0 radical (unpaired) electrons. The van der Waals surface area contributed by atoms with Crippen molar-refractivity contribution in [3.63, 3.8) is 0 Å². The first-order valence-corrected chi connectivity index (χ1v) is 4.57. The number of hydrogen-bond acceptors (Lipinski definition) is 4. The summed E-state index contributed by atoms with van der Waals surface area (Å²) in [5, 5.41) is 20.0. The third-order valence-electron chi connectivity index (χ3n) is 2.19. The van der Waals surface area contributed by atoms with Crippen molar-refractivity contribution in [1.82, 2.24) is 9.97 Å². The summed E-state index contributed by atoms with van der Waals surface area (Å²) in [4.78, 5) is 16.9. The molecule has 0 aliphatic carbocycles. The molecular weight excluding hydrogens is 210 g/mol. The van der Waals surface area contributed by atoms with E-state index in [-0.39, 0.29) is 11.4 Å². The number of hydrogen-bond donors (Lipinski definition) is 2. The Morgan fingerprint density at radius 1 is 1.50 bits per heavy atom. The average Bonchev–Trinajstić information content (AvgIpc) is 2.64. The number of aromatic hydroxyl groups is 1. The van der Waals surface area contributed by atoms with Crippen LogP contribution >= 0.6 is 0 Å². The molecule has 1 aromatic carbocycles. The standard InChI is InChI=1S/C10H9N3O3/c1-6-11-5-8(12-6)7-2-3-9(13(15)16)10(14)4-7/h2-5,14H,1H3,(H,11,12). The van der Waals surface area contributed by atoms with Crippen LogP contribution in [0.5, 0.6) is 5.75 Å². The van der Waals surface area contributed by atoms with Gasteiger partial charge in [-0.05, 0) is 19.1 Å². The maximum absolute atomic E-state index is 10.5. The number of imidazole rings is 1. The molecule has 6 heteroatoms. The highest BCUT2D eigenvalue weighted by Gasteiger charge is 2.14. The van der Waals surface area contributed by atoms with E-state index < -0.39 is 4.92 Å². The van der Waals surface area contributed by atoms with Gasteiger partial charge in [-0.2, -0.15) is 0 Å². The predicted molar refractivity (Wildman–Crippen MR) is 57.1 cm³/mol. The number of aryl methyl sites for hydroxylation is 1. The third kappa shape index (κ3) is 1.72. The fourth-order valence-corrected chi connectivity index (χ4v) is 1.41. The van der Waals surface area contributed by atoms with Gasteiger partial charge in [0, 0.05) is 11.6 Å². The zero-order chi connectivity index (χ0) is 11.7. The number of nitro benzene ring substituents is 1. The normalized spacial score (nSPS) is 10.3. The van der Waals surface area contributed by atoms with Gasteiger partial charge in [-0.15, -0.1) is 0 Å². The second kappa shape index (κ2) is 3.65. The molecule has 0 saturated heterocycles. The summed E-state index contributed by atoms with van der Waals surface area (Å²) >= 11 is 0. The number of nitrogens with one attached hydrogen (secondary N) is 1. The summed E-state index contributed by atoms with van der Waals surface area (Å²) < 4.78 is 0. The number of phenolic OH excluding ortho intramolecular Hbond substituents is 1. The van der Waals surface area contributed by atoms with Crippen molar-refractivity contribution < 1.29 is 10.0 Å². The van der Waals surface area contributed by atoms with Crippen molar-refractivity contribution in [2.45, 2.75) is 6.92 Å². The molecule has 0 fully saturated rings. The van der Waals surface area contributed by atoms with Crippen molar-refractivity contribution in [2.24, 2.45) is 0 Å². The van der Waals surface area contributed by atoms with Gasteiger partial charge in [0.05, 0.1) is 16.8 Å². The van der Waals surface area contributed by atoms with Crippen LogP contribution in [0.25, 0.3) is 11.3 Å². The quantitative estimate of drug-likeness (QED) is 0.596. The predicted octanol–water partition coefficient (Wildman–Crippen LogP) is 2.00. The van der Waals surface area contributed by atoms with E-state index in [0.717, 1.165) is 5.82 Å². The highest BCUT2D eigenvalue weighted by atomic mass is 16.6. The van der Waals surface area contributed by atoms with Crippen LogP contribution in [0.3, 0.4) is 0 Å². The van der Waals surface area contributed by atoms with Crippen LogP contribution in [0.1, 0.15) is 5.82 Å². The second-order valence-corrected chi connectivity index (χ2v) is 3.34. The minimum absolute atomic E-state index is 0.306. The highest BCUT2D eigenvalue weighted by molar-refractivity contribution is 5.64. The summed E-state index contributed by atoms with van der Waals surface area (Å²) in [7, 11) is 0. The number of H-pyrrole nitrogens is 1. The van der Waals surface area contributed by atoms with Crippen LogP contribution in [0.4, 0.5) is 5.69 Å². The van der Waals surface area contributed by atoms with Gasteiger partial charge in [0.1, 0.15) is 5.82 Å². The van der Waals surface area contributed by atoms with Crippen LogP contribution in [-0.2, 0) is 0 Å². The van der Waals surface area contributed by atoms with Gasteiger partial charge in [0.25, 0.3) is 0 Å². The SMILES string of the molecule is Cc1ncc(-c2ccc([N+](=O)[O-])c(O)c2)[nH]1. The Balaban J connectivity index is 2.45. The lowest BCUT2D eigenvalue weighted by Gasteiger charge is -1.99. The molecule has 0 aliphatic rings. The molecule has 1 heterocycles. The largest absolute Gasteiger partial charge is 0.502 e. The van der Waals surface area contributed by atoms with Crippen molar-refractivity contribution >= 4 is 5.69 Å². The zero-order valence-corrected chi connectivity index (χ0v) is 8.47. The summed E-state index contributed by atoms with van der Waals surface area (Å²) in [6.45, 7) is 1.80. The van der Waals surface area contributed by atoms with Gasteiger partial charge in [-0.25, -0.2) is 4.98 Å². The number of aromatic nitrogens is 2. The number of nitro groups is 1. The minimum atomic E-state index is -0.628. The fourth-order valence-electron chi connectivity index (χ4n) is 1.41. The van der Waals surface area contributed by atoms with Crippen LogP contribution in [0, 0.1) is 17.0 Å². The van der Waals surface area contributed by atoms with Crippen molar-refractivity contribution in [1.29, 1.82) is 0 Å². The Labute approximate surface area is 90.7 Å². The van der Waals surface area contributed by atoms with Crippen molar-refractivity contribution in [3.8, 4) is 17.0 Å². The summed E-state index contributed by atoms with van der Waals surface area (Å²) in [5.41, 5.74) is 1.06. The van der Waals surface area contributed by atoms with Crippen LogP contribution in [0.15, 0.2) is 24.4 Å². The molecule has 0 unspecified atom stereocenters. The van der Waals surface area contributed by atoms with Crippen molar-refractivity contribution in [2.75, 3.05) is 0 Å². The van der Waals surface area contributed by atoms with E-state index in [1.54, 1.807) is 19.2 Å². The van der Waals surface area contributed by atoms with Crippen LogP contribution in [-0.4, -0.2) is 20.0 Å². The Morgan fingerprint density at radius 2 is 2.25 bits per heavy atom. The Kier molecular flexibility index (Phi) is 2.32. The first-order chi connectivity index (χ1) is 7.58. The number of benzene rings is 1. The van der Waals surface area contributed by atoms with Gasteiger partial charge in [-0.1, -0.05) is 0 Å². The maximum Gasteiger partial charge on any atom is 0.310 e. The van der Waals surface area contributed by atoms with E-state index in [1.807, 2.05) is 0 Å². The molecule has 0 saturated carbocycles. The second-order valence-electron chi connectivity index (χ2n) is 3.34. The van der Waals surface area contributed by atoms with Gasteiger partial charge in [0.2, 0.25) is 0 Å². The summed E-state index contributed by atoms with van der Waals surface area (Å²) in [5.74, 6) is 0.391. The molecule has 0 atom stereocenters. The Hall–Kier alpha value is -2.37. The number of rotatable bonds is 2. The van der Waals surface area contributed by atoms with E-state index in [1.165, 1.54) is 12.1 Å². The average molecular weight is 219 g/mol. The first-order valence-electron chi connectivity index (χ1n) is 4.57. The number of aromatic amines is 1. The molecule has 0 spiro atoms. The zero-order valence-electron chi connectivity index (χ0n) is 8.47. The highest BCUT2D eigenvalue weighted by Crippen LogP contribution is 2.30. The minimum Gasteiger partial charge on any atom is -0.502 e. The van der Waals surface area contributed by atoms with E-state index in [9.17, 15) is 15.2 Å². The molecule has 16 heavy (non-hydrogen) atoms. The van der Waals surface area contributed by atoms with Gasteiger partial charge >= 0.3 is 5.69 Å². The lowest BCUT2D eigenvalue weighted by atomic mass is 10.1. The van der Waals surface area contributed by atoms with E-state index in [0.29, 0.717) is 11.3 Å². The lowest BCUT2D eigenvalue weighted by Crippen LogP contribution is -1.88. The van der Waals surface area contributed by atoms with Crippen LogP contribution in [0.2, 0.25) is 0 Å². The maximum atomic E-state index is 10.5. The lowest BCUT2D eigenvalue weighted by molar-refractivity contribution is -0.385. The Bertz CT molecular complexity index is 548. The monoisotopic (exact) mass is 219 g/mol. The number of nitrogens with zero attached hydrogens (tertiary/aromatic N) is 2.